The van der Waals surface area contributed by atoms with E-state index in [1.165, 1.54) is 4.88 Å². The van der Waals surface area contributed by atoms with Crippen LogP contribution in [0.5, 0.6) is 0 Å². The van der Waals surface area contributed by atoms with Crippen molar-refractivity contribution in [1.29, 1.82) is 0 Å². The van der Waals surface area contributed by atoms with E-state index in [9.17, 15) is 0 Å². The molecule has 2 aromatic rings. The van der Waals surface area contributed by atoms with E-state index < -0.39 is 0 Å². The van der Waals surface area contributed by atoms with Gasteiger partial charge in [-0.25, -0.2) is 0 Å². The minimum absolute atomic E-state index is 0.663. The van der Waals surface area contributed by atoms with Crippen molar-refractivity contribution in [1.82, 2.24) is 10.2 Å². The van der Waals surface area contributed by atoms with Gasteiger partial charge in [0.1, 0.15) is 11.5 Å². The Balaban J connectivity index is 1.78. The molecule has 0 radical (unpaired) electrons. The lowest BCUT2D eigenvalue weighted by Gasteiger charge is -2.13. The van der Waals surface area contributed by atoms with Gasteiger partial charge in [0.15, 0.2) is 0 Å². The van der Waals surface area contributed by atoms with E-state index in [0.29, 0.717) is 5.92 Å². The molecule has 2 aromatic heterocycles. The molecule has 0 atom stereocenters. The number of rotatable bonds is 8. The zero-order chi connectivity index (χ0) is 15.2. The first-order chi connectivity index (χ1) is 10.0. The molecule has 0 aliphatic heterocycles. The van der Waals surface area contributed by atoms with Gasteiger partial charge in [-0.3, -0.25) is 4.90 Å². The maximum absolute atomic E-state index is 5.87. The van der Waals surface area contributed by atoms with Crippen LogP contribution in [-0.2, 0) is 19.6 Å². The van der Waals surface area contributed by atoms with Crippen molar-refractivity contribution in [3.05, 3.63) is 44.4 Å². The summed E-state index contributed by atoms with van der Waals surface area (Å²) < 4.78 is 7.03. The number of furan rings is 1. The predicted molar refractivity (Wildman–Crippen MR) is 92.4 cm³/mol. The van der Waals surface area contributed by atoms with Crippen LogP contribution < -0.4 is 5.32 Å². The van der Waals surface area contributed by atoms with Gasteiger partial charge in [0, 0.05) is 21.3 Å². The van der Waals surface area contributed by atoms with Crippen LogP contribution in [0, 0.1) is 5.92 Å². The van der Waals surface area contributed by atoms with Crippen molar-refractivity contribution in [2.75, 3.05) is 13.6 Å². The molecule has 5 heteroatoms. The van der Waals surface area contributed by atoms with Crippen LogP contribution in [0.4, 0.5) is 0 Å². The quantitative estimate of drug-likeness (QED) is 0.742. The Morgan fingerprint density at radius 1 is 1.29 bits per heavy atom. The van der Waals surface area contributed by atoms with Crippen LogP contribution in [0.15, 0.2) is 32.5 Å². The highest BCUT2D eigenvalue weighted by atomic mass is 79.9. The van der Waals surface area contributed by atoms with Gasteiger partial charge in [-0.15, -0.1) is 11.3 Å². The summed E-state index contributed by atoms with van der Waals surface area (Å²) >= 11 is 5.27. The van der Waals surface area contributed by atoms with Gasteiger partial charge in [0.05, 0.1) is 13.1 Å². The van der Waals surface area contributed by atoms with E-state index >= 15 is 0 Å². The molecule has 2 rings (SSSR count). The van der Waals surface area contributed by atoms with E-state index in [1.54, 1.807) is 11.3 Å². The largest absolute Gasteiger partial charge is 0.463 e. The van der Waals surface area contributed by atoms with Gasteiger partial charge < -0.3 is 9.73 Å². The van der Waals surface area contributed by atoms with Gasteiger partial charge in [0.2, 0.25) is 0 Å². The van der Waals surface area contributed by atoms with Gasteiger partial charge in [-0.2, -0.15) is 0 Å². The number of nitrogens with one attached hydrogen (secondary N) is 1. The second kappa shape index (κ2) is 8.13. The van der Waals surface area contributed by atoms with E-state index in [1.807, 2.05) is 0 Å². The maximum Gasteiger partial charge on any atom is 0.118 e. The monoisotopic (exact) mass is 370 g/mol. The van der Waals surface area contributed by atoms with Crippen molar-refractivity contribution in [2.24, 2.45) is 5.92 Å². The highest BCUT2D eigenvalue weighted by molar-refractivity contribution is 9.10. The molecule has 0 fully saturated rings. The molecular formula is C16H23BrN2OS. The standard InChI is InChI=1S/C16H23BrN2OS/c1-12(2)7-18-8-14-4-5-15(20-14)9-19(3)10-16-6-13(17)11-21-16/h4-6,11-12,18H,7-10H2,1-3H3. The lowest BCUT2D eigenvalue weighted by Crippen LogP contribution is -2.18. The zero-order valence-electron chi connectivity index (χ0n) is 12.9. The first-order valence-electron chi connectivity index (χ1n) is 7.22. The second-order valence-corrected chi connectivity index (χ2v) is 7.71. The third-order valence-corrected chi connectivity index (χ3v) is 4.72. The van der Waals surface area contributed by atoms with Crippen molar-refractivity contribution in [3.8, 4) is 0 Å². The summed E-state index contributed by atoms with van der Waals surface area (Å²) in [4.78, 5) is 3.62. The molecule has 0 bridgehead atoms. The van der Waals surface area contributed by atoms with E-state index in [0.717, 1.165) is 42.2 Å². The first kappa shape index (κ1) is 16.7. The molecule has 0 aromatic carbocycles. The molecule has 0 amide bonds. The van der Waals surface area contributed by atoms with E-state index in [-0.39, 0.29) is 0 Å². The fourth-order valence-corrected chi connectivity index (χ4v) is 3.64. The Hall–Kier alpha value is -0.620. The van der Waals surface area contributed by atoms with Crippen LogP contribution in [-0.4, -0.2) is 18.5 Å². The average molecular weight is 371 g/mol. The molecule has 0 aliphatic carbocycles. The third-order valence-electron chi connectivity index (χ3n) is 3.04. The van der Waals surface area contributed by atoms with Crippen LogP contribution >= 0.6 is 27.3 Å². The number of hydrogen-bond donors (Lipinski definition) is 1. The van der Waals surface area contributed by atoms with Gasteiger partial charge >= 0.3 is 0 Å². The molecule has 21 heavy (non-hydrogen) atoms. The summed E-state index contributed by atoms with van der Waals surface area (Å²) in [5, 5.41) is 5.52. The average Bonchev–Trinajstić information content (AvgIpc) is 2.98. The topological polar surface area (TPSA) is 28.4 Å². The minimum atomic E-state index is 0.663. The lowest BCUT2D eigenvalue weighted by molar-refractivity contribution is 0.284. The molecule has 0 unspecified atom stereocenters. The number of hydrogen-bond acceptors (Lipinski definition) is 4. The van der Waals surface area contributed by atoms with Crippen molar-refractivity contribution < 1.29 is 4.42 Å². The van der Waals surface area contributed by atoms with Crippen LogP contribution in [0.1, 0.15) is 30.2 Å². The highest BCUT2D eigenvalue weighted by Gasteiger charge is 2.08. The molecule has 0 saturated heterocycles. The molecule has 0 aliphatic rings. The molecule has 116 valence electrons. The minimum Gasteiger partial charge on any atom is -0.463 e. The Kier molecular flexibility index (Phi) is 6.48. The Bertz CT molecular complexity index is 550. The van der Waals surface area contributed by atoms with Crippen molar-refractivity contribution in [3.63, 3.8) is 0 Å². The lowest BCUT2D eigenvalue weighted by atomic mass is 10.2. The van der Waals surface area contributed by atoms with Gasteiger partial charge in [0.25, 0.3) is 0 Å². The molecule has 0 saturated carbocycles. The SMILES string of the molecule is CC(C)CNCc1ccc(CN(C)Cc2cc(Br)cs2)o1. The summed E-state index contributed by atoms with van der Waals surface area (Å²) in [6.07, 6.45) is 0. The third kappa shape index (κ3) is 5.94. The van der Waals surface area contributed by atoms with Gasteiger partial charge in [-0.05, 0) is 53.6 Å². The molecule has 3 nitrogen and oxygen atoms in total. The fourth-order valence-electron chi connectivity index (χ4n) is 2.11. The molecule has 0 spiro atoms. The summed E-state index contributed by atoms with van der Waals surface area (Å²) in [5.74, 6) is 2.70. The molecule has 1 N–H and O–H groups in total. The van der Waals surface area contributed by atoms with E-state index in [4.69, 9.17) is 4.42 Å². The smallest absolute Gasteiger partial charge is 0.118 e. The Labute approximate surface area is 139 Å². The van der Waals surface area contributed by atoms with Crippen LogP contribution in [0.3, 0.4) is 0 Å². The summed E-state index contributed by atoms with van der Waals surface area (Å²) in [6.45, 7) is 8.01. The van der Waals surface area contributed by atoms with Crippen molar-refractivity contribution in [2.45, 2.75) is 33.5 Å². The highest BCUT2D eigenvalue weighted by Crippen LogP contribution is 2.21. The summed E-state index contributed by atoms with van der Waals surface area (Å²) in [5.41, 5.74) is 0. The predicted octanol–water partition coefficient (Wildman–Crippen LogP) is 4.48. The Morgan fingerprint density at radius 2 is 2.05 bits per heavy atom. The summed E-state index contributed by atoms with van der Waals surface area (Å²) in [7, 11) is 2.12. The Morgan fingerprint density at radius 3 is 2.71 bits per heavy atom. The first-order valence-corrected chi connectivity index (χ1v) is 8.90. The molecular weight excluding hydrogens is 348 g/mol. The zero-order valence-corrected chi connectivity index (χ0v) is 15.3. The summed E-state index contributed by atoms with van der Waals surface area (Å²) in [6, 6.07) is 6.32. The number of nitrogens with zero attached hydrogens (tertiary/aromatic N) is 1. The van der Waals surface area contributed by atoms with Gasteiger partial charge in [-0.1, -0.05) is 13.8 Å². The number of thiophene rings is 1. The van der Waals surface area contributed by atoms with Crippen molar-refractivity contribution >= 4 is 27.3 Å². The normalized spacial score (nSPS) is 11.7. The van der Waals surface area contributed by atoms with Crippen LogP contribution in [0.2, 0.25) is 0 Å². The fraction of sp³-hybridized carbons (Fsp3) is 0.500. The van der Waals surface area contributed by atoms with Crippen LogP contribution in [0.25, 0.3) is 0 Å². The maximum atomic E-state index is 5.87. The second-order valence-electron chi connectivity index (χ2n) is 5.80. The molecule has 2 heterocycles. The number of halogens is 1. The van der Waals surface area contributed by atoms with E-state index in [2.05, 4.69) is 70.6 Å².